The Balaban J connectivity index is 2.77. The molecule has 20 heavy (non-hydrogen) atoms. The van der Waals surface area contributed by atoms with E-state index < -0.39 is 10.0 Å². The second-order valence-electron chi connectivity index (χ2n) is 4.27. The van der Waals surface area contributed by atoms with Crippen molar-refractivity contribution in [3.05, 3.63) is 29.8 Å². The third-order valence-electron chi connectivity index (χ3n) is 2.72. The number of sulfonamides is 1. The first kappa shape index (κ1) is 17.1. The Morgan fingerprint density at radius 3 is 2.85 bits per heavy atom. The zero-order chi connectivity index (χ0) is 15.0. The van der Waals surface area contributed by atoms with Crippen molar-refractivity contribution in [1.82, 2.24) is 4.72 Å². The summed E-state index contributed by atoms with van der Waals surface area (Å²) in [6, 6.07) is 6.56. The summed E-state index contributed by atoms with van der Waals surface area (Å²) in [4.78, 5) is 0.234. The predicted octanol–water partition coefficient (Wildman–Crippen LogP) is 1.42. The summed E-state index contributed by atoms with van der Waals surface area (Å²) in [5, 5.41) is 0.430. The molecule has 1 aromatic rings. The molecule has 0 saturated carbocycles. The molecule has 0 aromatic heterocycles. The molecule has 1 rings (SSSR count). The van der Waals surface area contributed by atoms with Gasteiger partial charge in [-0.15, -0.1) is 0 Å². The molecule has 1 aromatic carbocycles. The molecule has 0 aliphatic carbocycles. The molecule has 0 radical (unpaired) electrons. The van der Waals surface area contributed by atoms with Crippen LogP contribution >= 0.6 is 11.8 Å². The van der Waals surface area contributed by atoms with Gasteiger partial charge >= 0.3 is 0 Å². The van der Waals surface area contributed by atoms with Crippen LogP contribution in [-0.2, 0) is 10.0 Å². The molecule has 0 fully saturated rings. The van der Waals surface area contributed by atoms with Gasteiger partial charge in [0.1, 0.15) is 0 Å². The molecule has 0 saturated heterocycles. The lowest BCUT2D eigenvalue weighted by Crippen LogP contribution is -2.26. The average Bonchev–Trinajstić information content (AvgIpc) is 2.45. The van der Waals surface area contributed by atoms with Gasteiger partial charge in [-0.2, -0.15) is 11.8 Å². The second kappa shape index (κ2) is 8.32. The average molecular weight is 312 g/mol. The standard InChI is InChI=1S/C14H20N2O2S2/c1-12(19-2)8-10-16-20(17,18)14-7-3-5-13(11-14)6-4-9-15/h3,5,7,11-12,16H,8-10,15H2,1-2H3. The number of hydrogen-bond acceptors (Lipinski definition) is 4. The van der Waals surface area contributed by atoms with E-state index in [9.17, 15) is 8.42 Å². The third kappa shape index (κ3) is 5.55. The minimum atomic E-state index is -3.47. The molecule has 0 amide bonds. The van der Waals surface area contributed by atoms with Crippen molar-refractivity contribution in [1.29, 1.82) is 0 Å². The lowest BCUT2D eigenvalue weighted by molar-refractivity contribution is 0.579. The maximum Gasteiger partial charge on any atom is 0.240 e. The Kier molecular flexibility index (Phi) is 7.10. The van der Waals surface area contributed by atoms with Gasteiger partial charge in [-0.1, -0.05) is 24.8 Å². The summed E-state index contributed by atoms with van der Waals surface area (Å²) in [5.74, 6) is 5.54. The SMILES string of the molecule is CSC(C)CCNS(=O)(=O)c1cccc(C#CCN)c1. The zero-order valence-corrected chi connectivity index (χ0v) is 13.4. The number of benzene rings is 1. The van der Waals surface area contributed by atoms with E-state index in [2.05, 4.69) is 23.5 Å². The summed E-state index contributed by atoms with van der Waals surface area (Å²) in [7, 11) is -3.47. The first-order chi connectivity index (χ1) is 9.49. The third-order valence-corrected chi connectivity index (χ3v) is 5.22. The fourth-order valence-corrected chi connectivity index (χ4v) is 2.94. The van der Waals surface area contributed by atoms with Gasteiger partial charge in [0.15, 0.2) is 0 Å². The first-order valence-electron chi connectivity index (χ1n) is 6.31. The molecule has 0 spiro atoms. The van der Waals surface area contributed by atoms with Crippen molar-refractivity contribution >= 4 is 21.8 Å². The van der Waals surface area contributed by atoms with E-state index in [0.717, 1.165) is 6.42 Å². The molecule has 3 N–H and O–H groups in total. The molecule has 110 valence electrons. The molecule has 0 heterocycles. The van der Waals surface area contributed by atoms with Crippen LogP contribution in [-0.4, -0.2) is 33.0 Å². The highest BCUT2D eigenvalue weighted by Gasteiger charge is 2.13. The lowest BCUT2D eigenvalue weighted by Gasteiger charge is -2.10. The second-order valence-corrected chi connectivity index (χ2v) is 7.31. The highest BCUT2D eigenvalue weighted by atomic mass is 32.2. The fraction of sp³-hybridized carbons (Fsp3) is 0.429. The molecule has 1 unspecified atom stereocenters. The van der Waals surface area contributed by atoms with E-state index in [1.807, 2.05) is 6.26 Å². The van der Waals surface area contributed by atoms with Crippen LogP contribution in [0.25, 0.3) is 0 Å². The molecule has 1 atom stereocenters. The van der Waals surface area contributed by atoms with Crippen LogP contribution in [0.5, 0.6) is 0 Å². The van der Waals surface area contributed by atoms with Gasteiger partial charge in [-0.25, -0.2) is 13.1 Å². The van der Waals surface area contributed by atoms with Crippen LogP contribution in [0.3, 0.4) is 0 Å². The topological polar surface area (TPSA) is 72.2 Å². The number of thioether (sulfide) groups is 1. The van der Waals surface area contributed by atoms with Crippen molar-refractivity contribution < 1.29 is 8.42 Å². The fourth-order valence-electron chi connectivity index (χ4n) is 1.49. The molecule has 4 nitrogen and oxygen atoms in total. The Morgan fingerprint density at radius 1 is 1.45 bits per heavy atom. The summed E-state index contributed by atoms with van der Waals surface area (Å²) in [5.41, 5.74) is 5.95. The van der Waals surface area contributed by atoms with Crippen LogP contribution in [0.4, 0.5) is 0 Å². The van der Waals surface area contributed by atoms with E-state index >= 15 is 0 Å². The maximum atomic E-state index is 12.1. The van der Waals surface area contributed by atoms with Crippen molar-refractivity contribution in [3.63, 3.8) is 0 Å². The minimum absolute atomic E-state index is 0.234. The van der Waals surface area contributed by atoms with Crippen molar-refractivity contribution in [2.45, 2.75) is 23.5 Å². The molecule has 0 aliphatic heterocycles. The molecular weight excluding hydrogens is 292 g/mol. The van der Waals surface area contributed by atoms with E-state index in [0.29, 0.717) is 17.4 Å². The molecule has 0 aliphatic rings. The zero-order valence-electron chi connectivity index (χ0n) is 11.7. The van der Waals surface area contributed by atoms with Gasteiger partial charge in [-0.3, -0.25) is 0 Å². The quantitative estimate of drug-likeness (QED) is 0.779. The first-order valence-corrected chi connectivity index (χ1v) is 9.08. The van der Waals surface area contributed by atoms with Crippen LogP contribution in [0.1, 0.15) is 18.9 Å². The number of hydrogen-bond donors (Lipinski definition) is 2. The van der Waals surface area contributed by atoms with E-state index in [-0.39, 0.29) is 11.4 Å². The maximum absolute atomic E-state index is 12.1. The molecule has 6 heteroatoms. The van der Waals surface area contributed by atoms with Crippen LogP contribution < -0.4 is 10.5 Å². The molecular formula is C14H20N2O2S2. The minimum Gasteiger partial charge on any atom is -0.320 e. The Bertz CT molecular complexity index is 589. The molecule has 0 bridgehead atoms. The van der Waals surface area contributed by atoms with E-state index in [1.165, 1.54) is 0 Å². The van der Waals surface area contributed by atoms with Crippen LogP contribution in [0, 0.1) is 11.8 Å². The summed E-state index contributed by atoms with van der Waals surface area (Å²) in [6.45, 7) is 2.76. The van der Waals surface area contributed by atoms with Crippen molar-refractivity contribution in [2.24, 2.45) is 5.73 Å². The van der Waals surface area contributed by atoms with Gasteiger partial charge in [0.2, 0.25) is 10.0 Å². The van der Waals surface area contributed by atoms with Crippen LogP contribution in [0.15, 0.2) is 29.2 Å². The smallest absolute Gasteiger partial charge is 0.240 e. The normalized spacial score (nSPS) is 12.6. The summed E-state index contributed by atoms with van der Waals surface area (Å²) >= 11 is 1.72. The van der Waals surface area contributed by atoms with Crippen molar-refractivity contribution in [2.75, 3.05) is 19.3 Å². The predicted molar refractivity (Wildman–Crippen MR) is 85.2 cm³/mol. The monoisotopic (exact) mass is 312 g/mol. The Labute approximate surface area is 125 Å². The highest BCUT2D eigenvalue weighted by molar-refractivity contribution is 7.99. The van der Waals surface area contributed by atoms with Gasteiger partial charge in [0, 0.05) is 17.4 Å². The lowest BCUT2D eigenvalue weighted by atomic mass is 10.2. The Morgan fingerprint density at radius 2 is 2.20 bits per heavy atom. The summed E-state index contributed by atoms with van der Waals surface area (Å²) < 4.78 is 26.9. The van der Waals surface area contributed by atoms with E-state index in [1.54, 1.807) is 36.0 Å². The van der Waals surface area contributed by atoms with Gasteiger partial charge < -0.3 is 5.73 Å². The largest absolute Gasteiger partial charge is 0.320 e. The highest BCUT2D eigenvalue weighted by Crippen LogP contribution is 2.12. The summed E-state index contributed by atoms with van der Waals surface area (Å²) in [6.07, 6.45) is 2.81. The van der Waals surface area contributed by atoms with Gasteiger partial charge in [0.25, 0.3) is 0 Å². The number of rotatable bonds is 6. The number of nitrogens with one attached hydrogen (secondary N) is 1. The van der Waals surface area contributed by atoms with E-state index in [4.69, 9.17) is 5.73 Å². The number of nitrogens with two attached hydrogens (primary N) is 1. The van der Waals surface area contributed by atoms with Gasteiger partial charge in [0.05, 0.1) is 11.4 Å². The Hall–Kier alpha value is -1.00. The van der Waals surface area contributed by atoms with Crippen molar-refractivity contribution in [3.8, 4) is 11.8 Å². The van der Waals surface area contributed by atoms with Crippen LogP contribution in [0.2, 0.25) is 0 Å². The van der Waals surface area contributed by atoms with Gasteiger partial charge in [-0.05, 0) is 30.9 Å².